The van der Waals surface area contributed by atoms with Gasteiger partial charge in [0.1, 0.15) is 5.69 Å². The lowest BCUT2D eigenvalue weighted by Crippen LogP contribution is -2.00. The molecule has 1 heterocycles. The van der Waals surface area contributed by atoms with Crippen LogP contribution in [0.25, 0.3) is 11.3 Å². The first-order chi connectivity index (χ1) is 12.3. The normalized spacial score (nSPS) is 11.0. The molecule has 2 aromatic rings. The molecule has 0 bridgehead atoms. The van der Waals surface area contributed by atoms with E-state index in [4.69, 9.17) is 4.74 Å². The lowest BCUT2D eigenvalue weighted by atomic mass is 10.1. The minimum atomic E-state index is -0.345. The zero-order valence-electron chi connectivity index (χ0n) is 15.2. The number of unbranched alkanes of at least 4 members (excludes halogenated alkanes) is 9. The summed E-state index contributed by atoms with van der Waals surface area (Å²) in [5.41, 5.74) is 1.02. The van der Waals surface area contributed by atoms with E-state index in [1.165, 1.54) is 51.4 Å². The van der Waals surface area contributed by atoms with Gasteiger partial charge in [-0.05, 0) is 18.6 Å². The number of halogens is 1. The van der Waals surface area contributed by atoms with Crippen LogP contribution in [0.3, 0.4) is 0 Å². The Kier molecular flexibility index (Phi) is 9.49. The average Bonchev–Trinajstić information content (AvgIpc) is 3.15. The molecule has 0 N–H and O–H groups in total. The van der Waals surface area contributed by atoms with E-state index in [0.29, 0.717) is 23.6 Å². The van der Waals surface area contributed by atoms with Gasteiger partial charge < -0.3 is 4.74 Å². The number of hydrogen-bond acceptors (Lipinski definition) is 4. The van der Waals surface area contributed by atoms with Crippen molar-refractivity contribution in [3.05, 3.63) is 30.2 Å². The first-order valence-corrected chi connectivity index (χ1v) is 10.2. The molecular formula is C20H29FN2OS. The Morgan fingerprint density at radius 2 is 1.64 bits per heavy atom. The maximum Gasteiger partial charge on any atom is 0.174 e. The second-order valence-electron chi connectivity index (χ2n) is 6.44. The third-order valence-electron chi connectivity index (χ3n) is 4.36. The van der Waals surface area contributed by atoms with E-state index >= 15 is 0 Å². The fourth-order valence-corrected chi connectivity index (χ4v) is 3.30. The predicted molar refractivity (Wildman–Crippen MR) is 103 cm³/mol. The monoisotopic (exact) mass is 364 g/mol. The average molecular weight is 365 g/mol. The van der Waals surface area contributed by atoms with Crippen LogP contribution in [-0.4, -0.2) is 15.4 Å². The quantitative estimate of drug-likeness (QED) is 0.373. The van der Waals surface area contributed by atoms with Crippen molar-refractivity contribution in [2.45, 2.75) is 71.1 Å². The number of hydrogen-bond donors (Lipinski definition) is 0. The zero-order chi connectivity index (χ0) is 17.7. The summed E-state index contributed by atoms with van der Waals surface area (Å²) < 4.78 is 28.1. The molecule has 0 atom stereocenters. The van der Waals surface area contributed by atoms with Crippen LogP contribution in [-0.2, 0) is 0 Å². The Hall–Kier alpha value is -1.49. The highest BCUT2D eigenvalue weighted by molar-refractivity contribution is 6.99. The number of benzene rings is 1. The Bertz CT molecular complexity index is 589. The van der Waals surface area contributed by atoms with Gasteiger partial charge in [0.25, 0.3) is 0 Å². The van der Waals surface area contributed by atoms with Gasteiger partial charge in [0, 0.05) is 5.56 Å². The summed E-state index contributed by atoms with van der Waals surface area (Å²) in [6, 6.07) is 5.18. The van der Waals surface area contributed by atoms with Crippen molar-refractivity contribution in [1.82, 2.24) is 8.75 Å². The van der Waals surface area contributed by atoms with Crippen LogP contribution in [0.5, 0.6) is 5.75 Å². The van der Waals surface area contributed by atoms with Gasteiger partial charge in [-0.25, -0.2) is 4.39 Å². The summed E-state index contributed by atoms with van der Waals surface area (Å²) in [6.45, 7) is 2.81. The van der Waals surface area contributed by atoms with E-state index in [1.807, 2.05) is 0 Å². The highest BCUT2D eigenvalue weighted by Crippen LogP contribution is 2.28. The SMILES string of the molecule is CCCCCCCCCCCCOc1cccc(-c2cnsn2)c1F. The van der Waals surface area contributed by atoms with Crippen molar-refractivity contribution in [1.29, 1.82) is 0 Å². The lowest BCUT2D eigenvalue weighted by molar-refractivity contribution is 0.290. The number of ether oxygens (including phenoxy) is 1. The molecule has 25 heavy (non-hydrogen) atoms. The van der Waals surface area contributed by atoms with Crippen LogP contribution in [0.1, 0.15) is 71.1 Å². The molecule has 0 saturated carbocycles. The molecule has 0 radical (unpaired) electrons. The molecule has 138 valence electrons. The third kappa shape index (κ3) is 7.10. The van der Waals surface area contributed by atoms with Gasteiger partial charge in [-0.2, -0.15) is 8.75 Å². The van der Waals surface area contributed by atoms with Crippen molar-refractivity contribution in [3.8, 4) is 17.0 Å². The molecule has 1 aromatic heterocycles. The molecule has 0 unspecified atom stereocenters. The molecular weight excluding hydrogens is 335 g/mol. The van der Waals surface area contributed by atoms with Gasteiger partial charge in [-0.15, -0.1) is 0 Å². The van der Waals surface area contributed by atoms with Gasteiger partial charge in [0.2, 0.25) is 0 Å². The van der Waals surface area contributed by atoms with Gasteiger partial charge >= 0.3 is 0 Å². The van der Waals surface area contributed by atoms with E-state index in [1.54, 1.807) is 24.4 Å². The van der Waals surface area contributed by atoms with Crippen LogP contribution in [0.4, 0.5) is 4.39 Å². The predicted octanol–water partition coefficient (Wildman–Crippen LogP) is 6.64. The maximum atomic E-state index is 14.5. The van der Waals surface area contributed by atoms with E-state index in [2.05, 4.69) is 15.7 Å². The second-order valence-corrected chi connectivity index (χ2v) is 7.00. The first-order valence-electron chi connectivity index (χ1n) is 9.52. The standard InChI is InChI=1S/C20H29FN2OS/c1-2-3-4-5-6-7-8-9-10-11-15-24-19-14-12-13-17(20(19)21)18-16-22-25-23-18/h12-14,16H,2-11,15H2,1H3. The first kappa shape index (κ1) is 19.8. The van der Waals surface area contributed by atoms with Crippen LogP contribution in [0.2, 0.25) is 0 Å². The highest BCUT2D eigenvalue weighted by Gasteiger charge is 2.12. The van der Waals surface area contributed by atoms with Gasteiger partial charge in [0.05, 0.1) is 24.5 Å². The van der Waals surface area contributed by atoms with Crippen molar-refractivity contribution >= 4 is 11.7 Å². The fraction of sp³-hybridized carbons (Fsp3) is 0.600. The van der Waals surface area contributed by atoms with Crippen molar-refractivity contribution in [2.75, 3.05) is 6.61 Å². The van der Waals surface area contributed by atoms with E-state index in [0.717, 1.165) is 24.6 Å². The van der Waals surface area contributed by atoms with Gasteiger partial charge in [-0.1, -0.05) is 70.8 Å². The van der Waals surface area contributed by atoms with Crippen molar-refractivity contribution < 1.29 is 9.13 Å². The highest BCUT2D eigenvalue weighted by atomic mass is 32.1. The van der Waals surface area contributed by atoms with Crippen molar-refractivity contribution in [2.24, 2.45) is 0 Å². The van der Waals surface area contributed by atoms with Crippen LogP contribution in [0.15, 0.2) is 24.4 Å². The largest absolute Gasteiger partial charge is 0.490 e. The Morgan fingerprint density at radius 3 is 2.28 bits per heavy atom. The third-order valence-corrected chi connectivity index (χ3v) is 4.83. The molecule has 2 rings (SSSR count). The van der Waals surface area contributed by atoms with E-state index in [-0.39, 0.29) is 5.82 Å². The molecule has 0 spiro atoms. The topological polar surface area (TPSA) is 35.0 Å². The molecule has 0 aliphatic heterocycles. The maximum absolute atomic E-state index is 14.5. The Labute approximate surface area is 155 Å². The number of aromatic nitrogens is 2. The Morgan fingerprint density at radius 1 is 0.960 bits per heavy atom. The Balaban J connectivity index is 1.59. The second kappa shape index (κ2) is 12.0. The molecule has 0 saturated heterocycles. The minimum Gasteiger partial charge on any atom is -0.490 e. The summed E-state index contributed by atoms with van der Waals surface area (Å²) in [6.07, 6.45) is 14.4. The zero-order valence-corrected chi connectivity index (χ0v) is 16.0. The molecule has 3 nitrogen and oxygen atoms in total. The summed E-state index contributed by atoms with van der Waals surface area (Å²) in [4.78, 5) is 0. The van der Waals surface area contributed by atoms with Crippen LogP contribution >= 0.6 is 11.7 Å². The molecule has 0 aliphatic carbocycles. The summed E-state index contributed by atoms with van der Waals surface area (Å²) >= 11 is 1.08. The minimum absolute atomic E-state index is 0.307. The fourth-order valence-electron chi connectivity index (χ4n) is 2.88. The van der Waals surface area contributed by atoms with Crippen LogP contribution in [0, 0.1) is 5.82 Å². The summed E-state index contributed by atoms with van der Waals surface area (Å²) in [5.74, 6) is -0.0382. The van der Waals surface area contributed by atoms with Gasteiger partial charge in [-0.3, -0.25) is 0 Å². The molecule has 0 amide bonds. The number of rotatable bonds is 13. The molecule has 0 aliphatic rings. The van der Waals surface area contributed by atoms with Crippen LogP contribution < -0.4 is 4.74 Å². The summed E-state index contributed by atoms with van der Waals surface area (Å²) in [5, 5.41) is 0. The van der Waals surface area contributed by atoms with E-state index < -0.39 is 0 Å². The molecule has 5 heteroatoms. The van der Waals surface area contributed by atoms with Crippen molar-refractivity contribution in [3.63, 3.8) is 0 Å². The van der Waals surface area contributed by atoms with Gasteiger partial charge in [0.15, 0.2) is 11.6 Å². The number of nitrogens with zero attached hydrogens (tertiary/aromatic N) is 2. The lowest BCUT2D eigenvalue weighted by Gasteiger charge is -2.09. The molecule has 1 aromatic carbocycles. The molecule has 0 fully saturated rings. The smallest absolute Gasteiger partial charge is 0.174 e. The van der Waals surface area contributed by atoms with E-state index in [9.17, 15) is 4.39 Å². The summed E-state index contributed by atoms with van der Waals surface area (Å²) in [7, 11) is 0.